The van der Waals surface area contributed by atoms with Crippen molar-refractivity contribution in [1.82, 2.24) is 4.31 Å². The fourth-order valence-electron chi connectivity index (χ4n) is 0.884. The zero-order valence-electron chi connectivity index (χ0n) is 8.66. The van der Waals surface area contributed by atoms with E-state index in [1.165, 1.54) is 4.31 Å². The summed E-state index contributed by atoms with van der Waals surface area (Å²) in [5, 5.41) is 0. The zero-order chi connectivity index (χ0) is 10.5. The van der Waals surface area contributed by atoms with Crippen LogP contribution in [0.15, 0.2) is 0 Å². The molecule has 0 aliphatic carbocycles. The van der Waals surface area contributed by atoms with Gasteiger partial charge in [0.05, 0.1) is 5.75 Å². The SMILES string of the molecule is CC(C)CCN(C)S(=O)(=O)CCN. The number of hydrogen-bond donors (Lipinski definition) is 1. The van der Waals surface area contributed by atoms with Crippen LogP contribution in [0.1, 0.15) is 20.3 Å². The largest absolute Gasteiger partial charge is 0.329 e. The maximum Gasteiger partial charge on any atom is 0.215 e. The van der Waals surface area contributed by atoms with E-state index >= 15 is 0 Å². The highest BCUT2D eigenvalue weighted by Gasteiger charge is 2.16. The average molecular weight is 208 g/mol. The molecule has 0 aliphatic heterocycles. The Morgan fingerprint density at radius 1 is 1.38 bits per heavy atom. The first-order chi connectivity index (χ1) is 5.90. The van der Waals surface area contributed by atoms with E-state index in [0.717, 1.165) is 6.42 Å². The summed E-state index contributed by atoms with van der Waals surface area (Å²) >= 11 is 0. The molecule has 0 atom stereocenters. The fourth-order valence-corrected chi connectivity index (χ4v) is 1.88. The van der Waals surface area contributed by atoms with Crippen LogP contribution in [-0.4, -0.2) is 38.6 Å². The molecule has 0 unspecified atom stereocenters. The van der Waals surface area contributed by atoms with Gasteiger partial charge in [0.1, 0.15) is 0 Å². The lowest BCUT2D eigenvalue weighted by molar-refractivity contribution is 0.428. The minimum atomic E-state index is -3.10. The Balaban J connectivity index is 4.02. The van der Waals surface area contributed by atoms with E-state index in [1.54, 1.807) is 7.05 Å². The van der Waals surface area contributed by atoms with Gasteiger partial charge >= 0.3 is 0 Å². The maximum absolute atomic E-state index is 11.4. The minimum Gasteiger partial charge on any atom is -0.329 e. The third kappa shape index (κ3) is 5.23. The summed E-state index contributed by atoms with van der Waals surface area (Å²) in [7, 11) is -1.49. The molecule has 0 bridgehead atoms. The zero-order valence-corrected chi connectivity index (χ0v) is 9.47. The smallest absolute Gasteiger partial charge is 0.215 e. The molecule has 13 heavy (non-hydrogen) atoms. The van der Waals surface area contributed by atoms with Gasteiger partial charge in [-0.05, 0) is 12.3 Å². The normalized spacial score (nSPS) is 12.8. The first kappa shape index (κ1) is 12.9. The highest BCUT2D eigenvalue weighted by Crippen LogP contribution is 2.04. The Morgan fingerprint density at radius 3 is 2.31 bits per heavy atom. The van der Waals surface area contributed by atoms with E-state index in [9.17, 15) is 8.42 Å². The summed E-state index contributed by atoms with van der Waals surface area (Å²) in [6.45, 7) is 4.92. The Kier molecular flexibility index (Phi) is 5.51. The van der Waals surface area contributed by atoms with Crippen molar-refractivity contribution < 1.29 is 8.42 Å². The lowest BCUT2D eigenvalue weighted by Crippen LogP contribution is -2.33. The highest BCUT2D eigenvalue weighted by atomic mass is 32.2. The van der Waals surface area contributed by atoms with Gasteiger partial charge in [-0.15, -0.1) is 0 Å². The monoisotopic (exact) mass is 208 g/mol. The molecule has 5 heteroatoms. The van der Waals surface area contributed by atoms with E-state index in [1.807, 2.05) is 0 Å². The summed E-state index contributed by atoms with van der Waals surface area (Å²) in [4.78, 5) is 0. The van der Waals surface area contributed by atoms with Gasteiger partial charge in [-0.3, -0.25) is 0 Å². The van der Waals surface area contributed by atoms with Gasteiger partial charge < -0.3 is 5.73 Å². The summed E-state index contributed by atoms with van der Waals surface area (Å²) in [6, 6.07) is 0. The van der Waals surface area contributed by atoms with Crippen molar-refractivity contribution in [3.63, 3.8) is 0 Å². The van der Waals surface area contributed by atoms with Crippen LogP contribution in [0, 0.1) is 5.92 Å². The molecule has 80 valence electrons. The molecule has 0 radical (unpaired) electrons. The standard InChI is InChI=1S/C8H20N2O2S/c1-8(2)4-6-10(3)13(11,12)7-5-9/h8H,4-7,9H2,1-3H3. The molecule has 0 aromatic rings. The summed E-state index contributed by atoms with van der Waals surface area (Å²) in [5.74, 6) is 0.567. The summed E-state index contributed by atoms with van der Waals surface area (Å²) < 4.78 is 24.2. The molecule has 0 fully saturated rings. The van der Waals surface area contributed by atoms with Gasteiger partial charge in [-0.1, -0.05) is 13.8 Å². The molecule has 0 saturated heterocycles. The summed E-state index contributed by atoms with van der Waals surface area (Å²) in [5.41, 5.74) is 5.20. The van der Waals surface area contributed by atoms with Crippen molar-refractivity contribution in [2.45, 2.75) is 20.3 Å². The summed E-state index contributed by atoms with van der Waals surface area (Å²) in [6.07, 6.45) is 0.889. The number of nitrogens with two attached hydrogens (primary N) is 1. The molecule has 0 aromatic carbocycles. The second-order valence-electron chi connectivity index (χ2n) is 3.61. The van der Waals surface area contributed by atoms with E-state index in [4.69, 9.17) is 5.73 Å². The Hall–Kier alpha value is -0.130. The number of sulfonamides is 1. The molecule has 0 amide bonds. The Bertz CT molecular complexity index is 224. The molecule has 0 saturated carbocycles. The van der Waals surface area contributed by atoms with Crippen LogP contribution in [0.3, 0.4) is 0 Å². The van der Waals surface area contributed by atoms with Crippen molar-refractivity contribution >= 4 is 10.0 Å². The van der Waals surface area contributed by atoms with E-state index in [2.05, 4.69) is 13.8 Å². The molecular formula is C8H20N2O2S. The predicted octanol–water partition coefficient (Wildman–Crippen LogP) is 0.253. The third-order valence-corrected chi connectivity index (χ3v) is 3.76. The van der Waals surface area contributed by atoms with E-state index < -0.39 is 10.0 Å². The molecule has 2 N–H and O–H groups in total. The van der Waals surface area contributed by atoms with Crippen LogP contribution >= 0.6 is 0 Å². The van der Waals surface area contributed by atoms with Gasteiger partial charge in [0.25, 0.3) is 0 Å². The van der Waals surface area contributed by atoms with E-state index in [-0.39, 0.29) is 12.3 Å². The van der Waals surface area contributed by atoms with Gasteiger partial charge in [0.15, 0.2) is 0 Å². The van der Waals surface area contributed by atoms with Crippen molar-refractivity contribution in [2.75, 3.05) is 25.9 Å². The topological polar surface area (TPSA) is 63.4 Å². The fraction of sp³-hybridized carbons (Fsp3) is 1.00. The second kappa shape index (κ2) is 5.57. The molecule has 4 nitrogen and oxygen atoms in total. The highest BCUT2D eigenvalue weighted by molar-refractivity contribution is 7.89. The van der Waals surface area contributed by atoms with Crippen LogP contribution in [0.2, 0.25) is 0 Å². The van der Waals surface area contributed by atoms with Crippen molar-refractivity contribution in [1.29, 1.82) is 0 Å². The molecular weight excluding hydrogens is 188 g/mol. The molecule has 0 rings (SSSR count). The number of nitrogens with zero attached hydrogens (tertiary/aromatic N) is 1. The van der Waals surface area contributed by atoms with Crippen molar-refractivity contribution in [3.05, 3.63) is 0 Å². The van der Waals surface area contributed by atoms with Crippen LogP contribution in [0.5, 0.6) is 0 Å². The quantitative estimate of drug-likeness (QED) is 0.680. The maximum atomic E-state index is 11.4. The van der Waals surface area contributed by atoms with Gasteiger partial charge in [0.2, 0.25) is 10.0 Å². The van der Waals surface area contributed by atoms with Crippen LogP contribution < -0.4 is 5.73 Å². The second-order valence-corrected chi connectivity index (χ2v) is 5.80. The first-order valence-corrected chi connectivity index (χ1v) is 6.15. The predicted molar refractivity (Wildman–Crippen MR) is 54.9 cm³/mol. The first-order valence-electron chi connectivity index (χ1n) is 4.54. The van der Waals surface area contributed by atoms with Crippen LogP contribution in [0.25, 0.3) is 0 Å². The van der Waals surface area contributed by atoms with Gasteiger partial charge in [-0.25, -0.2) is 12.7 Å². The van der Waals surface area contributed by atoms with Crippen molar-refractivity contribution in [2.24, 2.45) is 11.7 Å². The van der Waals surface area contributed by atoms with Crippen molar-refractivity contribution in [3.8, 4) is 0 Å². The minimum absolute atomic E-state index is 0.0432. The molecule has 0 aromatic heterocycles. The van der Waals surface area contributed by atoms with Gasteiger partial charge in [0, 0.05) is 20.1 Å². The Labute approximate surface area is 81.2 Å². The van der Waals surface area contributed by atoms with Gasteiger partial charge in [-0.2, -0.15) is 0 Å². The lowest BCUT2D eigenvalue weighted by atomic mass is 10.1. The third-order valence-electron chi connectivity index (χ3n) is 1.87. The number of hydrogen-bond acceptors (Lipinski definition) is 3. The molecule has 0 spiro atoms. The van der Waals surface area contributed by atoms with E-state index in [0.29, 0.717) is 12.5 Å². The average Bonchev–Trinajstić information content (AvgIpc) is 1.99. The number of rotatable bonds is 6. The Morgan fingerprint density at radius 2 is 1.92 bits per heavy atom. The van der Waals surface area contributed by atoms with Crippen LogP contribution in [0.4, 0.5) is 0 Å². The van der Waals surface area contributed by atoms with Crippen LogP contribution in [-0.2, 0) is 10.0 Å². The molecule has 0 heterocycles. The molecule has 0 aliphatic rings. The lowest BCUT2D eigenvalue weighted by Gasteiger charge is -2.17.